The maximum Gasteiger partial charge on any atom is 0.490 e. The number of aliphatic carboxylic acids is 1. The first-order valence-corrected chi connectivity index (χ1v) is 14.2. The molecule has 1 spiro atoms. The number of benzene rings is 1. The minimum absolute atomic E-state index is 0.0526. The molecule has 1 amide bonds. The number of ether oxygens (including phenoxy) is 1. The van der Waals surface area contributed by atoms with Crippen molar-refractivity contribution in [1.29, 1.82) is 0 Å². The van der Waals surface area contributed by atoms with Crippen molar-refractivity contribution in [3.63, 3.8) is 0 Å². The van der Waals surface area contributed by atoms with Gasteiger partial charge in [0.05, 0.1) is 5.52 Å². The lowest BCUT2D eigenvalue weighted by atomic mass is 9.71. The predicted molar refractivity (Wildman–Crippen MR) is 150 cm³/mol. The van der Waals surface area contributed by atoms with Crippen LogP contribution in [0.4, 0.5) is 13.2 Å². The van der Waals surface area contributed by atoms with Crippen LogP contribution in [0.15, 0.2) is 48.8 Å². The number of carbonyl (C=O) groups excluding carboxylic acids is 1. The fourth-order valence-corrected chi connectivity index (χ4v) is 6.16. The Morgan fingerprint density at radius 1 is 1.00 bits per heavy atom. The fourth-order valence-electron chi connectivity index (χ4n) is 6.16. The molecule has 1 N–H and O–H groups in total. The zero-order valence-electron chi connectivity index (χ0n) is 23.8. The number of carboxylic acids is 1. The number of nitrogens with zero attached hydrogens (tertiary/aromatic N) is 4. The average Bonchev–Trinajstić information content (AvgIpc) is 3.29. The molecule has 1 aromatic carbocycles. The third-order valence-electron chi connectivity index (χ3n) is 8.55. The maximum atomic E-state index is 13.1. The van der Waals surface area contributed by atoms with E-state index >= 15 is 0 Å². The van der Waals surface area contributed by atoms with Crippen LogP contribution >= 0.6 is 0 Å². The first-order valence-electron chi connectivity index (χ1n) is 14.2. The van der Waals surface area contributed by atoms with Crippen molar-refractivity contribution in [2.24, 2.45) is 5.41 Å². The topological polar surface area (TPSA) is 95.9 Å². The molecule has 11 heteroatoms. The molecule has 3 aliphatic heterocycles. The molecule has 0 unspecified atom stereocenters. The maximum absolute atomic E-state index is 13.1. The molecule has 2 saturated heterocycles. The number of fused-ring (bicyclic) bond motifs is 2. The monoisotopic (exact) mass is 584 g/mol. The summed E-state index contributed by atoms with van der Waals surface area (Å²) in [6.45, 7) is 9.18. The molecule has 3 aliphatic rings. The van der Waals surface area contributed by atoms with Gasteiger partial charge in [0.15, 0.2) is 0 Å². The molecule has 0 saturated carbocycles. The van der Waals surface area contributed by atoms with Crippen molar-refractivity contribution < 1.29 is 32.6 Å². The highest BCUT2D eigenvalue weighted by atomic mass is 19.4. The predicted octanol–water partition coefficient (Wildman–Crippen LogP) is 5.50. The molecule has 42 heavy (non-hydrogen) atoms. The van der Waals surface area contributed by atoms with Crippen LogP contribution in [0.5, 0.6) is 5.75 Å². The SMILES string of the molecule is CC1(C)Cc2cccc(CN3CCC4(CC3)CCN(C(=O)c3ccc5cnccc5n3)CC4)c2O1.O=C(O)C(F)(F)F. The summed E-state index contributed by atoms with van der Waals surface area (Å²) in [7, 11) is 0. The number of carbonyl (C=O) groups is 2. The zero-order valence-corrected chi connectivity index (χ0v) is 23.8. The number of halogens is 3. The van der Waals surface area contributed by atoms with E-state index in [-0.39, 0.29) is 11.5 Å². The van der Waals surface area contributed by atoms with Gasteiger partial charge in [-0.25, -0.2) is 9.78 Å². The van der Waals surface area contributed by atoms with Crippen molar-refractivity contribution in [2.75, 3.05) is 26.2 Å². The summed E-state index contributed by atoms with van der Waals surface area (Å²) in [5.74, 6) is -1.59. The number of pyridine rings is 2. The highest BCUT2D eigenvalue weighted by Crippen LogP contribution is 2.43. The second kappa shape index (κ2) is 11.5. The lowest BCUT2D eigenvalue weighted by molar-refractivity contribution is -0.192. The molecule has 5 heterocycles. The van der Waals surface area contributed by atoms with Crippen LogP contribution in [0.2, 0.25) is 0 Å². The minimum atomic E-state index is -5.08. The van der Waals surface area contributed by atoms with Crippen molar-refractivity contribution in [3.05, 3.63) is 65.6 Å². The van der Waals surface area contributed by atoms with Gasteiger partial charge < -0.3 is 14.7 Å². The highest BCUT2D eigenvalue weighted by Gasteiger charge is 2.40. The molecule has 3 aromatic rings. The van der Waals surface area contributed by atoms with E-state index in [2.05, 4.69) is 46.9 Å². The van der Waals surface area contributed by atoms with Gasteiger partial charge in [-0.15, -0.1) is 0 Å². The van der Waals surface area contributed by atoms with E-state index in [1.807, 2.05) is 23.1 Å². The van der Waals surface area contributed by atoms with Crippen molar-refractivity contribution in [1.82, 2.24) is 19.8 Å². The van der Waals surface area contributed by atoms with Crippen LogP contribution in [0, 0.1) is 5.41 Å². The van der Waals surface area contributed by atoms with Crippen molar-refractivity contribution in [3.8, 4) is 5.75 Å². The Kier molecular flexibility index (Phi) is 8.15. The number of carboxylic acid groups (broad SMARTS) is 1. The number of alkyl halides is 3. The van der Waals surface area contributed by atoms with Crippen LogP contribution in [0.1, 0.15) is 61.1 Å². The molecule has 2 fully saturated rings. The van der Waals surface area contributed by atoms with Crippen LogP contribution < -0.4 is 4.74 Å². The molecular formula is C31H35F3N4O4. The number of rotatable bonds is 3. The molecule has 0 bridgehead atoms. The Bertz CT molecular complexity index is 1460. The smallest absolute Gasteiger partial charge is 0.487 e. The number of aromatic nitrogens is 2. The first kappa shape index (κ1) is 29.8. The summed E-state index contributed by atoms with van der Waals surface area (Å²) < 4.78 is 38.0. The van der Waals surface area contributed by atoms with Gasteiger partial charge in [-0.1, -0.05) is 18.2 Å². The number of para-hydroxylation sites is 1. The third-order valence-corrected chi connectivity index (χ3v) is 8.55. The van der Waals surface area contributed by atoms with E-state index in [9.17, 15) is 18.0 Å². The van der Waals surface area contributed by atoms with Gasteiger partial charge in [-0.2, -0.15) is 13.2 Å². The van der Waals surface area contributed by atoms with Crippen LogP contribution in [0.3, 0.4) is 0 Å². The van der Waals surface area contributed by atoms with Gasteiger partial charge in [0, 0.05) is 49.4 Å². The molecule has 224 valence electrons. The van der Waals surface area contributed by atoms with E-state index in [0.29, 0.717) is 11.1 Å². The molecule has 0 aliphatic carbocycles. The molecule has 6 rings (SSSR count). The van der Waals surface area contributed by atoms with E-state index in [1.165, 1.54) is 24.0 Å². The number of hydrogen-bond donors (Lipinski definition) is 1. The molecule has 0 atom stereocenters. The minimum Gasteiger partial charge on any atom is -0.487 e. The van der Waals surface area contributed by atoms with Crippen molar-refractivity contribution >= 4 is 22.8 Å². The Hall–Kier alpha value is -3.73. The highest BCUT2D eigenvalue weighted by molar-refractivity contribution is 5.94. The van der Waals surface area contributed by atoms with E-state index < -0.39 is 12.1 Å². The van der Waals surface area contributed by atoms with Gasteiger partial charge in [0.2, 0.25) is 0 Å². The zero-order chi connectivity index (χ0) is 30.1. The molecule has 8 nitrogen and oxygen atoms in total. The van der Waals surface area contributed by atoms with Crippen LogP contribution in [-0.4, -0.2) is 74.7 Å². The van der Waals surface area contributed by atoms with Crippen LogP contribution in [-0.2, 0) is 17.8 Å². The lowest BCUT2D eigenvalue weighted by Gasteiger charge is -2.47. The van der Waals surface area contributed by atoms with Gasteiger partial charge in [-0.3, -0.25) is 14.7 Å². The normalized spacial score (nSPS) is 19.5. The third kappa shape index (κ3) is 6.67. The Labute approximate surface area is 242 Å². The van der Waals surface area contributed by atoms with Gasteiger partial charge in [0.1, 0.15) is 17.0 Å². The number of likely N-dealkylation sites (tertiary alicyclic amines) is 2. The standard InChI is InChI=1S/C29H34N4O2.C2HF3O2/c1-28(2)18-21-4-3-5-23(26(21)35-28)20-32-14-9-29(10-15-32)11-16-33(17-12-29)27(34)25-7-6-22-19-30-13-8-24(22)31-25;3-2(4,5)1(6)7/h3-8,13,19H,9-12,14-18,20H2,1-2H3;(H,6,7). The van der Waals surface area contributed by atoms with Crippen LogP contribution in [0.25, 0.3) is 10.9 Å². The fraction of sp³-hybridized carbons (Fsp3) is 0.484. The molecule has 0 radical (unpaired) electrons. The summed E-state index contributed by atoms with van der Waals surface area (Å²) in [6.07, 6.45) is 3.99. The average molecular weight is 585 g/mol. The number of piperidine rings is 2. The summed E-state index contributed by atoms with van der Waals surface area (Å²) in [4.78, 5) is 35.3. The second-order valence-corrected chi connectivity index (χ2v) is 12.1. The lowest BCUT2D eigenvalue weighted by Crippen LogP contribution is -2.48. The summed E-state index contributed by atoms with van der Waals surface area (Å²) >= 11 is 0. The summed E-state index contributed by atoms with van der Waals surface area (Å²) in [6, 6.07) is 12.3. The van der Waals surface area contributed by atoms with E-state index in [1.54, 1.807) is 12.4 Å². The van der Waals surface area contributed by atoms with Gasteiger partial charge in [-0.05, 0) is 81.8 Å². The first-order chi connectivity index (χ1) is 19.8. The number of hydrogen-bond acceptors (Lipinski definition) is 6. The largest absolute Gasteiger partial charge is 0.490 e. The Balaban J connectivity index is 0.000000451. The second-order valence-electron chi connectivity index (χ2n) is 12.1. The van der Waals surface area contributed by atoms with Crippen molar-refractivity contribution in [2.45, 2.75) is 64.3 Å². The number of amides is 1. The van der Waals surface area contributed by atoms with Gasteiger partial charge >= 0.3 is 12.1 Å². The summed E-state index contributed by atoms with van der Waals surface area (Å²) in [5.41, 5.74) is 4.29. The molecule has 2 aromatic heterocycles. The Morgan fingerprint density at radius 3 is 2.33 bits per heavy atom. The van der Waals surface area contributed by atoms with E-state index in [0.717, 1.165) is 68.6 Å². The van der Waals surface area contributed by atoms with E-state index in [4.69, 9.17) is 14.6 Å². The quantitative estimate of drug-likeness (QED) is 0.435. The summed E-state index contributed by atoms with van der Waals surface area (Å²) in [5, 5.41) is 8.09. The van der Waals surface area contributed by atoms with Gasteiger partial charge in [0.25, 0.3) is 5.91 Å². The Morgan fingerprint density at radius 2 is 1.67 bits per heavy atom. The molecular weight excluding hydrogens is 549 g/mol.